The van der Waals surface area contributed by atoms with Crippen LogP contribution < -0.4 is 5.32 Å². The lowest BCUT2D eigenvalue weighted by molar-refractivity contribution is -0.140. The molecule has 3 N–H and O–H groups in total. The van der Waals surface area contributed by atoms with E-state index < -0.39 is 23.5 Å². The molecule has 1 aromatic heterocycles. The zero-order valence-corrected chi connectivity index (χ0v) is 15.1. The third-order valence-corrected chi connectivity index (χ3v) is 5.37. The topological polar surface area (TPSA) is 91.4 Å². The molecule has 2 atom stereocenters. The number of hydrogen-bond donors (Lipinski definition) is 3. The first-order valence-electron chi connectivity index (χ1n) is 8.73. The predicted octanol–water partition coefficient (Wildman–Crippen LogP) is 2.82. The number of ether oxygens (including phenoxy) is 1. The predicted molar refractivity (Wildman–Crippen MR) is 101 cm³/mol. The van der Waals surface area contributed by atoms with Crippen LogP contribution in [0.4, 0.5) is 0 Å². The van der Waals surface area contributed by atoms with Crippen molar-refractivity contribution in [2.75, 3.05) is 7.11 Å². The fourth-order valence-electron chi connectivity index (χ4n) is 3.95. The van der Waals surface area contributed by atoms with Crippen molar-refractivity contribution < 1.29 is 19.4 Å². The smallest absolute Gasteiger partial charge is 0.337 e. The van der Waals surface area contributed by atoms with Crippen LogP contribution in [0.25, 0.3) is 10.9 Å². The van der Waals surface area contributed by atoms with E-state index in [1.807, 2.05) is 43.3 Å². The first-order chi connectivity index (χ1) is 12.9. The number of nitrogens with one attached hydrogen (secondary N) is 2. The lowest BCUT2D eigenvalue weighted by Crippen LogP contribution is -2.54. The molecule has 4 rings (SSSR count). The van der Waals surface area contributed by atoms with Crippen LogP contribution in [0.3, 0.4) is 0 Å². The summed E-state index contributed by atoms with van der Waals surface area (Å²) < 4.78 is 4.75. The van der Waals surface area contributed by atoms with Gasteiger partial charge in [0.05, 0.1) is 18.2 Å². The summed E-state index contributed by atoms with van der Waals surface area (Å²) in [5, 5.41) is 14.0. The fourth-order valence-corrected chi connectivity index (χ4v) is 3.95. The highest BCUT2D eigenvalue weighted by Gasteiger charge is 2.42. The van der Waals surface area contributed by atoms with Crippen molar-refractivity contribution >= 4 is 22.8 Å². The summed E-state index contributed by atoms with van der Waals surface area (Å²) in [5.41, 5.74) is 3.53. The molecule has 27 heavy (non-hydrogen) atoms. The Hall–Kier alpha value is -3.12. The van der Waals surface area contributed by atoms with E-state index in [4.69, 9.17) is 4.74 Å². The molecule has 138 valence electrons. The maximum atomic E-state index is 11.8. The third kappa shape index (κ3) is 2.69. The number of aromatic nitrogens is 1. The third-order valence-electron chi connectivity index (χ3n) is 5.37. The average molecular weight is 364 g/mol. The van der Waals surface area contributed by atoms with Gasteiger partial charge < -0.3 is 14.8 Å². The lowest BCUT2D eigenvalue weighted by atomic mass is 9.80. The van der Waals surface area contributed by atoms with E-state index in [0.29, 0.717) is 12.0 Å². The van der Waals surface area contributed by atoms with Gasteiger partial charge in [0.1, 0.15) is 6.04 Å². The number of aliphatic carboxylic acids is 1. The molecule has 1 unspecified atom stereocenters. The summed E-state index contributed by atoms with van der Waals surface area (Å²) in [6, 6.07) is 14.3. The fraction of sp³-hybridized carbons (Fsp3) is 0.238. The number of aromatic amines is 1. The van der Waals surface area contributed by atoms with Crippen molar-refractivity contribution in [3.05, 3.63) is 70.9 Å². The monoisotopic (exact) mass is 364 g/mol. The minimum atomic E-state index is -0.886. The highest BCUT2D eigenvalue weighted by Crippen LogP contribution is 2.39. The van der Waals surface area contributed by atoms with Gasteiger partial charge in [0, 0.05) is 23.0 Å². The number of hydrogen-bond acceptors (Lipinski definition) is 4. The largest absolute Gasteiger partial charge is 0.480 e. The molecule has 0 amide bonds. The van der Waals surface area contributed by atoms with Gasteiger partial charge in [-0.1, -0.05) is 30.3 Å². The Bertz CT molecular complexity index is 1040. The van der Waals surface area contributed by atoms with E-state index in [1.165, 1.54) is 7.11 Å². The van der Waals surface area contributed by atoms with Crippen LogP contribution in [0.5, 0.6) is 0 Å². The summed E-state index contributed by atoms with van der Waals surface area (Å²) in [4.78, 5) is 27.0. The number of esters is 1. The van der Waals surface area contributed by atoms with Gasteiger partial charge in [-0.2, -0.15) is 0 Å². The zero-order chi connectivity index (χ0) is 19.2. The highest BCUT2D eigenvalue weighted by atomic mass is 16.5. The van der Waals surface area contributed by atoms with Crippen LogP contribution in [0.15, 0.2) is 48.5 Å². The molecule has 6 heteroatoms. The first-order valence-corrected chi connectivity index (χ1v) is 8.73. The molecule has 0 saturated carbocycles. The summed E-state index contributed by atoms with van der Waals surface area (Å²) >= 11 is 0. The molecule has 0 spiro atoms. The molecule has 2 aromatic carbocycles. The Morgan fingerprint density at radius 2 is 1.85 bits per heavy atom. The number of fused-ring (bicyclic) bond motifs is 3. The molecule has 3 aromatic rings. The minimum absolute atomic E-state index is 0.405. The van der Waals surface area contributed by atoms with Crippen LogP contribution in [0.2, 0.25) is 0 Å². The molecule has 6 nitrogen and oxygen atoms in total. The minimum Gasteiger partial charge on any atom is -0.480 e. The second-order valence-electron chi connectivity index (χ2n) is 6.96. The first kappa shape index (κ1) is 17.3. The summed E-state index contributed by atoms with van der Waals surface area (Å²) in [6.07, 6.45) is 0.407. The van der Waals surface area contributed by atoms with E-state index in [1.54, 1.807) is 12.1 Å². The lowest BCUT2D eigenvalue weighted by Gasteiger charge is -2.39. The Kier molecular flexibility index (Phi) is 4.00. The van der Waals surface area contributed by atoms with Gasteiger partial charge in [0.2, 0.25) is 0 Å². The van der Waals surface area contributed by atoms with Crippen molar-refractivity contribution in [1.29, 1.82) is 0 Å². The molecular weight excluding hydrogens is 344 g/mol. The van der Waals surface area contributed by atoms with Gasteiger partial charge in [0.25, 0.3) is 0 Å². The van der Waals surface area contributed by atoms with Crippen LogP contribution >= 0.6 is 0 Å². The summed E-state index contributed by atoms with van der Waals surface area (Å²) in [7, 11) is 1.34. The van der Waals surface area contributed by atoms with Crippen molar-refractivity contribution in [1.82, 2.24) is 10.3 Å². The van der Waals surface area contributed by atoms with Crippen molar-refractivity contribution in [3.8, 4) is 0 Å². The van der Waals surface area contributed by atoms with Crippen molar-refractivity contribution in [2.24, 2.45) is 0 Å². The SMILES string of the molecule is COC(=O)c1ccc(C2(C)N[C@@H](C(=O)O)Cc3c2[nH]c2ccccc32)cc1. The molecule has 1 aliphatic heterocycles. The van der Waals surface area contributed by atoms with Gasteiger partial charge >= 0.3 is 11.9 Å². The molecule has 0 aliphatic carbocycles. The van der Waals surface area contributed by atoms with Crippen LogP contribution in [-0.2, 0) is 21.5 Å². The summed E-state index contributed by atoms with van der Waals surface area (Å²) in [5.74, 6) is -1.29. The Morgan fingerprint density at radius 3 is 2.52 bits per heavy atom. The molecule has 0 radical (unpaired) electrons. The van der Waals surface area contributed by atoms with Gasteiger partial charge in [-0.05, 0) is 36.2 Å². The molecule has 2 heterocycles. The standard InChI is InChI=1S/C21H20N2O4/c1-21(13-9-7-12(8-10-13)20(26)27-2)18-15(11-17(23-21)19(24)25)14-5-3-4-6-16(14)22-18/h3-10,17,22-23H,11H2,1-2H3,(H,24,25)/t17-,21?/m1/s1. The van der Waals surface area contributed by atoms with E-state index in [0.717, 1.165) is 27.7 Å². The maximum absolute atomic E-state index is 11.8. The van der Waals surface area contributed by atoms with Crippen LogP contribution in [0.1, 0.15) is 34.1 Å². The van der Waals surface area contributed by atoms with Gasteiger partial charge in [-0.15, -0.1) is 0 Å². The van der Waals surface area contributed by atoms with E-state index in [2.05, 4.69) is 10.3 Å². The maximum Gasteiger partial charge on any atom is 0.337 e. The number of methoxy groups -OCH3 is 1. The van der Waals surface area contributed by atoms with Crippen molar-refractivity contribution in [2.45, 2.75) is 24.9 Å². The molecule has 0 bridgehead atoms. The summed E-state index contributed by atoms with van der Waals surface area (Å²) in [6.45, 7) is 1.96. The number of benzene rings is 2. The Labute approximate surface area is 156 Å². The van der Waals surface area contributed by atoms with Crippen LogP contribution in [0, 0.1) is 0 Å². The molecular formula is C21H20N2O4. The second kappa shape index (κ2) is 6.25. The Balaban J connectivity index is 1.88. The molecule has 0 fully saturated rings. The molecule has 0 saturated heterocycles. The normalized spacial score (nSPS) is 21.6. The van der Waals surface area contributed by atoms with E-state index in [-0.39, 0.29) is 0 Å². The van der Waals surface area contributed by atoms with Gasteiger partial charge in [-0.3, -0.25) is 10.1 Å². The second-order valence-corrected chi connectivity index (χ2v) is 6.96. The number of carbonyl (C=O) groups excluding carboxylic acids is 1. The quantitative estimate of drug-likeness (QED) is 0.622. The van der Waals surface area contributed by atoms with Gasteiger partial charge in [-0.25, -0.2) is 4.79 Å². The number of H-pyrrole nitrogens is 1. The zero-order valence-electron chi connectivity index (χ0n) is 15.1. The highest BCUT2D eigenvalue weighted by molar-refractivity contribution is 5.90. The average Bonchev–Trinajstić information content (AvgIpc) is 3.07. The van der Waals surface area contributed by atoms with E-state index in [9.17, 15) is 14.7 Å². The number of carboxylic acid groups (broad SMARTS) is 1. The van der Waals surface area contributed by atoms with Gasteiger partial charge in [0.15, 0.2) is 0 Å². The molecule has 1 aliphatic rings. The number of carbonyl (C=O) groups is 2. The number of rotatable bonds is 3. The van der Waals surface area contributed by atoms with E-state index >= 15 is 0 Å². The Morgan fingerprint density at radius 1 is 1.15 bits per heavy atom. The van der Waals surface area contributed by atoms with Crippen LogP contribution in [-0.4, -0.2) is 35.2 Å². The van der Waals surface area contributed by atoms with Crippen molar-refractivity contribution in [3.63, 3.8) is 0 Å². The number of para-hydroxylation sites is 1. The number of carboxylic acids is 1.